The van der Waals surface area contributed by atoms with Crippen molar-refractivity contribution >= 4 is 61.9 Å². The summed E-state index contributed by atoms with van der Waals surface area (Å²) in [5, 5.41) is 6.49. The van der Waals surface area contributed by atoms with Crippen LogP contribution in [0.25, 0.3) is 11.0 Å². The largest absolute Gasteiger partial charge is 0.388 e. The van der Waals surface area contributed by atoms with Gasteiger partial charge in [-0.05, 0) is 72.6 Å². The van der Waals surface area contributed by atoms with E-state index in [1.54, 1.807) is 0 Å². The van der Waals surface area contributed by atoms with E-state index in [1.165, 1.54) is 11.9 Å². The lowest BCUT2D eigenvalue weighted by Gasteiger charge is -2.13. The minimum atomic E-state index is 0.681. The number of hydrogen-bond acceptors (Lipinski definition) is 6. The molecule has 0 aliphatic carbocycles. The summed E-state index contributed by atoms with van der Waals surface area (Å²) in [6.07, 6.45) is 0. The molecule has 3 N–H and O–H groups in total. The zero-order chi connectivity index (χ0) is 19.3. The number of halogens is 1. The highest BCUT2D eigenvalue weighted by Crippen LogP contribution is 2.29. The van der Waals surface area contributed by atoms with Crippen LogP contribution in [0.15, 0.2) is 82.2 Å². The monoisotopic (exact) mass is 451 g/mol. The molecule has 7 heteroatoms. The quantitative estimate of drug-likeness (QED) is 0.299. The van der Waals surface area contributed by atoms with Crippen molar-refractivity contribution < 1.29 is 0 Å². The summed E-state index contributed by atoms with van der Waals surface area (Å²) in [6, 6.07) is 24.0. The maximum absolute atomic E-state index is 4.76. The standard InChI is InChI=1S/C21H18BrN5S/c1-23-15-10-12-17(13-11-15)28-27-21-20(24-16-8-6-14(22)7-9-16)25-18-4-2-3-5-19(18)26-21/h2-13,23H,1H3,(H,24,25)(H,26,27). The smallest absolute Gasteiger partial charge is 0.180 e. The summed E-state index contributed by atoms with van der Waals surface area (Å²) < 4.78 is 4.37. The van der Waals surface area contributed by atoms with Gasteiger partial charge in [-0.15, -0.1) is 0 Å². The Bertz CT molecular complexity index is 1080. The van der Waals surface area contributed by atoms with Gasteiger partial charge in [0, 0.05) is 27.8 Å². The number of nitrogens with one attached hydrogen (secondary N) is 3. The second-order valence-electron chi connectivity index (χ2n) is 6.02. The van der Waals surface area contributed by atoms with Gasteiger partial charge >= 0.3 is 0 Å². The van der Waals surface area contributed by atoms with Gasteiger partial charge in [0.25, 0.3) is 0 Å². The summed E-state index contributed by atoms with van der Waals surface area (Å²) in [4.78, 5) is 10.6. The number of benzene rings is 3. The van der Waals surface area contributed by atoms with E-state index >= 15 is 0 Å². The van der Waals surface area contributed by atoms with Crippen LogP contribution < -0.4 is 15.4 Å². The highest BCUT2D eigenvalue weighted by atomic mass is 79.9. The van der Waals surface area contributed by atoms with Gasteiger partial charge in [0.1, 0.15) is 0 Å². The third-order valence-corrected chi connectivity index (χ3v) is 5.42. The van der Waals surface area contributed by atoms with Crippen molar-refractivity contribution in [2.75, 3.05) is 22.4 Å². The van der Waals surface area contributed by atoms with Crippen molar-refractivity contribution in [2.45, 2.75) is 4.90 Å². The summed E-state index contributed by atoms with van der Waals surface area (Å²) >= 11 is 4.96. The van der Waals surface area contributed by atoms with E-state index < -0.39 is 0 Å². The van der Waals surface area contributed by atoms with Crippen LogP contribution in [0.5, 0.6) is 0 Å². The fourth-order valence-electron chi connectivity index (χ4n) is 2.63. The number of rotatable bonds is 6. The molecule has 0 amide bonds. The van der Waals surface area contributed by atoms with Crippen LogP contribution in [0.3, 0.4) is 0 Å². The molecule has 1 heterocycles. The van der Waals surface area contributed by atoms with Crippen LogP contribution in [-0.4, -0.2) is 17.0 Å². The zero-order valence-corrected chi connectivity index (χ0v) is 17.5. The molecule has 1 aromatic heterocycles. The normalized spacial score (nSPS) is 10.6. The predicted molar refractivity (Wildman–Crippen MR) is 122 cm³/mol. The lowest BCUT2D eigenvalue weighted by molar-refractivity contribution is 1.28. The van der Waals surface area contributed by atoms with Gasteiger partial charge in [-0.2, -0.15) is 0 Å². The van der Waals surface area contributed by atoms with Crippen molar-refractivity contribution in [1.82, 2.24) is 9.97 Å². The van der Waals surface area contributed by atoms with Gasteiger partial charge in [0.2, 0.25) is 0 Å². The molecule has 28 heavy (non-hydrogen) atoms. The number of aromatic nitrogens is 2. The minimum absolute atomic E-state index is 0.681. The van der Waals surface area contributed by atoms with Crippen LogP contribution in [0.1, 0.15) is 0 Å². The topological polar surface area (TPSA) is 61.9 Å². The first-order chi connectivity index (χ1) is 13.7. The average Bonchev–Trinajstić information content (AvgIpc) is 2.74. The molecular weight excluding hydrogens is 434 g/mol. The highest BCUT2D eigenvalue weighted by Gasteiger charge is 2.10. The summed E-state index contributed by atoms with van der Waals surface area (Å²) in [7, 11) is 1.91. The van der Waals surface area contributed by atoms with Crippen LogP contribution in [0, 0.1) is 0 Å². The molecule has 0 radical (unpaired) electrons. The fraction of sp³-hybridized carbons (Fsp3) is 0.0476. The maximum atomic E-state index is 4.76. The van der Waals surface area contributed by atoms with Gasteiger partial charge in [-0.25, -0.2) is 9.97 Å². The molecule has 0 atom stereocenters. The second-order valence-corrected chi connectivity index (χ2v) is 7.82. The predicted octanol–water partition coefficient (Wildman–Crippen LogP) is 6.30. The number of anilines is 4. The van der Waals surface area contributed by atoms with Gasteiger partial charge < -0.3 is 15.4 Å². The SMILES string of the molecule is CNc1ccc(SNc2nc3ccccc3nc2Nc2ccc(Br)cc2)cc1. The molecule has 0 saturated heterocycles. The van der Waals surface area contributed by atoms with Gasteiger partial charge in [-0.1, -0.05) is 28.1 Å². The van der Waals surface area contributed by atoms with Gasteiger partial charge in [0.15, 0.2) is 11.6 Å². The Labute approximate surface area is 176 Å². The Hall–Kier alpha value is -2.77. The molecule has 4 aromatic rings. The molecule has 0 aliphatic heterocycles. The van der Waals surface area contributed by atoms with E-state index in [2.05, 4.69) is 43.4 Å². The van der Waals surface area contributed by atoms with E-state index in [1.807, 2.05) is 67.7 Å². The van der Waals surface area contributed by atoms with Crippen LogP contribution in [0.4, 0.5) is 23.0 Å². The minimum Gasteiger partial charge on any atom is -0.388 e. The first kappa shape index (κ1) is 18.6. The molecule has 0 fully saturated rings. The van der Waals surface area contributed by atoms with Crippen LogP contribution >= 0.6 is 27.9 Å². The Balaban J connectivity index is 1.63. The van der Waals surface area contributed by atoms with Crippen molar-refractivity contribution in [1.29, 1.82) is 0 Å². The molecule has 0 bridgehead atoms. The van der Waals surface area contributed by atoms with E-state index in [4.69, 9.17) is 9.97 Å². The first-order valence-corrected chi connectivity index (χ1v) is 10.3. The van der Waals surface area contributed by atoms with E-state index in [0.717, 1.165) is 31.8 Å². The Morgan fingerprint density at radius 1 is 0.750 bits per heavy atom. The van der Waals surface area contributed by atoms with Crippen molar-refractivity contribution in [3.8, 4) is 0 Å². The van der Waals surface area contributed by atoms with Crippen molar-refractivity contribution in [3.05, 3.63) is 77.3 Å². The van der Waals surface area contributed by atoms with E-state index in [9.17, 15) is 0 Å². The molecule has 4 rings (SSSR count). The Kier molecular flexibility index (Phi) is 5.64. The van der Waals surface area contributed by atoms with Crippen LogP contribution in [0.2, 0.25) is 0 Å². The molecule has 0 spiro atoms. The summed E-state index contributed by atoms with van der Waals surface area (Å²) in [6.45, 7) is 0. The maximum Gasteiger partial charge on any atom is 0.180 e. The molecule has 3 aromatic carbocycles. The van der Waals surface area contributed by atoms with Crippen molar-refractivity contribution in [2.24, 2.45) is 0 Å². The molecular formula is C21H18BrN5S. The third-order valence-electron chi connectivity index (χ3n) is 4.09. The fourth-order valence-corrected chi connectivity index (χ4v) is 3.52. The highest BCUT2D eigenvalue weighted by molar-refractivity contribution is 9.10. The Morgan fingerprint density at radius 3 is 2.00 bits per heavy atom. The lowest BCUT2D eigenvalue weighted by Crippen LogP contribution is -2.02. The number of nitrogens with zero attached hydrogens (tertiary/aromatic N) is 2. The van der Waals surface area contributed by atoms with E-state index in [0.29, 0.717) is 11.6 Å². The van der Waals surface area contributed by atoms with Gasteiger partial charge in [0.05, 0.1) is 11.0 Å². The molecule has 5 nitrogen and oxygen atoms in total. The molecule has 0 unspecified atom stereocenters. The van der Waals surface area contributed by atoms with Crippen LogP contribution in [-0.2, 0) is 0 Å². The number of hydrogen-bond donors (Lipinski definition) is 3. The second kappa shape index (κ2) is 8.50. The number of fused-ring (bicyclic) bond motifs is 1. The molecule has 140 valence electrons. The van der Waals surface area contributed by atoms with E-state index in [-0.39, 0.29) is 0 Å². The summed E-state index contributed by atoms with van der Waals surface area (Å²) in [5.74, 6) is 1.37. The lowest BCUT2D eigenvalue weighted by atomic mass is 10.3. The average molecular weight is 452 g/mol. The van der Waals surface area contributed by atoms with Crippen molar-refractivity contribution in [3.63, 3.8) is 0 Å². The molecule has 0 aliphatic rings. The Morgan fingerprint density at radius 2 is 1.36 bits per heavy atom. The number of para-hydroxylation sites is 2. The first-order valence-electron chi connectivity index (χ1n) is 8.71. The summed E-state index contributed by atoms with van der Waals surface area (Å²) in [5.41, 5.74) is 3.71. The molecule has 0 saturated carbocycles. The van der Waals surface area contributed by atoms with Gasteiger partial charge in [-0.3, -0.25) is 0 Å². The zero-order valence-electron chi connectivity index (χ0n) is 15.1. The third kappa shape index (κ3) is 4.37.